The Morgan fingerprint density at radius 1 is 1.56 bits per heavy atom. The molecule has 2 rings (SSSR count). The number of halogens is 2. The van der Waals surface area contributed by atoms with Crippen molar-refractivity contribution < 1.29 is 9.18 Å². The Morgan fingerprint density at radius 3 is 2.72 bits per heavy atom. The largest absolute Gasteiger partial charge is 0.346 e. The summed E-state index contributed by atoms with van der Waals surface area (Å²) in [4.78, 5) is 11.8. The van der Waals surface area contributed by atoms with E-state index in [1.807, 2.05) is 6.07 Å². The minimum absolute atomic E-state index is 0. The molecule has 0 saturated heterocycles. The van der Waals surface area contributed by atoms with Crippen LogP contribution >= 0.6 is 12.4 Å². The van der Waals surface area contributed by atoms with Gasteiger partial charge in [-0.2, -0.15) is 0 Å². The van der Waals surface area contributed by atoms with Crippen molar-refractivity contribution in [2.24, 2.45) is 11.7 Å². The van der Waals surface area contributed by atoms with Crippen LogP contribution in [0.1, 0.15) is 25.3 Å². The molecule has 1 fully saturated rings. The molecule has 0 aliphatic heterocycles. The van der Waals surface area contributed by atoms with Crippen molar-refractivity contribution in [2.75, 3.05) is 6.54 Å². The Hall–Kier alpha value is -1.13. The van der Waals surface area contributed by atoms with E-state index < -0.39 is 0 Å². The van der Waals surface area contributed by atoms with Crippen LogP contribution in [0.2, 0.25) is 0 Å². The molecular weight excluding hydrogens is 255 g/mol. The molecule has 0 aromatic heterocycles. The fourth-order valence-corrected chi connectivity index (χ4v) is 1.86. The molecule has 3 N–H and O–H groups in total. The van der Waals surface area contributed by atoms with Gasteiger partial charge in [-0.25, -0.2) is 4.39 Å². The molecule has 0 spiro atoms. The average Bonchev–Trinajstić information content (AvgIpc) is 3.09. The maximum Gasteiger partial charge on any atom is 0.224 e. The van der Waals surface area contributed by atoms with E-state index in [0.29, 0.717) is 6.54 Å². The molecule has 1 aliphatic carbocycles. The van der Waals surface area contributed by atoms with E-state index in [1.165, 1.54) is 12.1 Å². The molecule has 1 saturated carbocycles. The SMILES string of the molecule is CC(CN)C(=O)NC1(c2cccc(F)c2)CC1.Cl. The average molecular weight is 273 g/mol. The lowest BCUT2D eigenvalue weighted by molar-refractivity contribution is -0.125. The van der Waals surface area contributed by atoms with Crippen LogP contribution in [0.15, 0.2) is 24.3 Å². The zero-order chi connectivity index (χ0) is 12.5. The Labute approximate surface area is 112 Å². The van der Waals surface area contributed by atoms with Gasteiger partial charge in [0.2, 0.25) is 5.91 Å². The molecule has 0 radical (unpaired) electrons. The van der Waals surface area contributed by atoms with E-state index in [2.05, 4.69) is 5.32 Å². The maximum atomic E-state index is 13.2. The lowest BCUT2D eigenvalue weighted by Crippen LogP contribution is -2.40. The Morgan fingerprint density at radius 2 is 2.22 bits per heavy atom. The molecule has 1 aromatic rings. The van der Waals surface area contributed by atoms with Crippen molar-refractivity contribution in [3.05, 3.63) is 35.6 Å². The summed E-state index contributed by atoms with van der Waals surface area (Å²) in [5, 5.41) is 2.98. The summed E-state index contributed by atoms with van der Waals surface area (Å²) in [7, 11) is 0. The number of rotatable bonds is 4. The first-order valence-corrected chi connectivity index (χ1v) is 5.85. The van der Waals surface area contributed by atoms with Crippen molar-refractivity contribution in [1.29, 1.82) is 0 Å². The summed E-state index contributed by atoms with van der Waals surface area (Å²) in [5.41, 5.74) is 5.94. The van der Waals surface area contributed by atoms with Crippen LogP contribution in [0.3, 0.4) is 0 Å². The molecule has 5 heteroatoms. The zero-order valence-electron chi connectivity index (χ0n) is 10.3. The van der Waals surface area contributed by atoms with E-state index in [-0.39, 0.29) is 35.6 Å². The fourth-order valence-electron chi connectivity index (χ4n) is 1.86. The highest BCUT2D eigenvalue weighted by molar-refractivity contribution is 5.85. The Bertz CT molecular complexity index is 435. The molecule has 3 nitrogen and oxygen atoms in total. The van der Waals surface area contributed by atoms with Crippen molar-refractivity contribution in [1.82, 2.24) is 5.32 Å². The first-order chi connectivity index (χ1) is 8.07. The first-order valence-electron chi connectivity index (χ1n) is 5.85. The van der Waals surface area contributed by atoms with Gasteiger partial charge < -0.3 is 11.1 Å². The van der Waals surface area contributed by atoms with E-state index in [0.717, 1.165) is 18.4 Å². The second-order valence-corrected chi connectivity index (χ2v) is 4.72. The number of benzene rings is 1. The van der Waals surface area contributed by atoms with E-state index in [1.54, 1.807) is 13.0 Å². The maximum absolute atomic E-state index is 13.2. The van der Waals surface area contributed by atoms with Crippen molar-refractivity contribution >= 4 is 18.3 Å². The number of amides is 1. The standard InChI is InChI=1S/C13H17FN2O.ClH/c1-9(8-15)12(17)16-13(5-6-13)10-3-2-4-11(14)7-10;/h2-4,7,9H,5-6,8,15H2,1H3,(H,16,17);1H. The molecule has 1 atom stereocenters. The smallest absolute Gasteiger partial charge is 0.224 e. The second-order valence-electron chi connectivity index (χ2n) is 4.72. The highest BCUT2D eigenvalue weighted by atomic mass is 35.5. The van der Waals surface area contributed by atoms with E-state index in [4.69, 9.17) is 5.73 Å². The minimum Gasteiger partial charge on any atom is -0.346 e. The fraction of sp³-hybridized carbons (Fsp3) is 0.462. The van der Waals surface area contributed by atoms with E-state index in [9.17, 15) is 9.18 Å². The van der Waals surface area contributed by atoms with Crippen molar-refractivity contribution in [3.8, 4) is 0 Å². The lowest BCUT2D eigenvalue weighted by atomic mass is 10.0. The summed E-state index contributed by atoms with van der Waals surface area (Å²) >= 11 is 0. The molecule has 0 bridgehead atoms. The summed E-state index contributed by atoms with van der Waals surface area (Å²) in [6.45, 7) is 2.11. The molecule has 18 heavy (non-hydrogen) atoms. The number of nitrogens with two attached hydrogens (primary N) is 1. The van der Waals surface area contributed by atoms with Gasteiger partial charge in [-0.1, -0.05) is 19.1 Å². The molecule has 0 heterocycles. The molecule has 1 unspecified atom stereocenters. The van der Waals surface area contributed by atoms with Gasteiger partial charge in [-0.15, -0.1) is 12.4 Å². The van der Waals surface area contributed by atoms with Gasteiger partial charge >= 0.3 is 0 Å². The van der Waals surface area contributed by atoms with E-state index >= 15 is 0 Å². The highest BCUT2D eigenvalue weighted by Gasteiger charge is 2.46. The number of nitrogens with one attached hydrogen (secondary N) is 1. The third-order valence-electron chi connectivity index (χ3n) is 3.29. The normalized spacial score (nSPS) is 17.5. The number of hydrogen-bond acceptors (Lipinski definition) is 2. The van der Waals surface area contributed by atoms with Crippen LogP contribution in [-0.4, -0.2) is 12.5 Å². The predicted octanol–water partition coefficient (Wildman–Crippen LogP) is 1.95. The van der Waals surface area contributed by atoms with Gasteiger partial charge in [0, 0.05) is 12.5 Å². The lowest BCUT2D eigenvalue weighted by Gasteiger charge is -2.20. The molecule has 1 aromatic carbocycles. The molecular formula is C13H18ClFN2O. The van der Waals surface area contributed by atoms with Crippen LogP contribution in [0.25, 0.3) is 0 Å². The van der Waals surface area contributed by atoms with Crippen LogP contribution in [0, 0.1) is 11.7 Å². The van der Waals surface area contributed by atoms with Crippen LogP contribution in [0.5, 0.6) is 0 Å². The van der Waals surface area contributed by atoms with Crippen LogP contribution in [0.4, 0.5) is 4.39 Å². The number of carbonyl (C=O) groups excluding carboxylic acids is 1. The number of hydrogen-bond donors (Lipinski definition) is 2. The topological polar surface area (TPSA) is 55.1 Å². The van der Waals surface area contributed by atoms with Gasteiger partial charge in [-0.05, 0) is 30.5 Å². The van der Waals surface area contributed by atoms with Gasteiger partial charge in [-0.3, -0.25) is 4.79 Å². The summed E-state index contributed by atoms with van der Waals surface area (Å²) in [6, 6.07) is 6.41. The second kappa shape index (κ2) is 5.67. The monoisotopic (exact) mass is 272 g/mol. The minimum atomic E-state index is -0.359. The zero-order valence-corrected chi connectivity index (χ0v) is 11.1. The summed E-state index contributed by atoms with van der Waals surface area (Å²) < 4.78 is 13.2. The Kier molecular flexibility index (Phi) is 4.71. The predicted molar refractivity (Wildman–Crippen MR) is 70.9 cm³/mol. The summed E-state index contributed by atoms with van der Waals surface area (Å²) in [6.07, 6.45) is 1.72. The molecule has 1 amide bonds. The third-order valence-corrected chi connectivity index (χ3v) is 3.29. The molecule has 1 aliphatic rings. The first kappa shape index (κ1) is 14.9. The van der Waals surface area contributed by atoms with Crippen LogP contribution in [-0.2, 0) is 10.3 Å². The van der Waals surface area contributed by atoms with Crippen molar-refractivity contribution in [3.63, 3.8) is 0 Å². The quantitative estimate of drug-likeness (QED) is 0.880. The van der Waals surface area contributed by atoms with Gasteiger partial charge in [0.25, 0.3) is 0 Å². The van der Waals surface area contributed by atoms with Gasteiger partial charge in [0.15, 0.2) is 0 Å². The van der Waals surface area contributed by atoms with Gasteiger partial charge in [0.1, 0.15) is 5.82 Å². The third kappa shape index (κ3) is 3.00. The highest BCUT2D eigenvalue weighted by Crippen LogP contribution is 2.45. The number of carbonyl (C=O) groups is 1. The molecule has 100 valence electrons. The van der Waals surface area contributed by atoms with Gasteiger partial charge in [0.05, 0.1) is 5.54 Å². The summed E-state index contributed by atoms with van der Waals surface area (Å²) in [5.74, 6) is -0.537. The Balaban J connectivity index is 0.00000162. The van der Waals surface area contributed by atoms with Crippen molar-refractivity contribution in [2.45, 2.75) is 25.3 Å². The van der Waals surface area contributed by atoms with Crippen LogP contribution < -0.4 is 11.1 Å².